The van der Waals surface area contributed by atoms with Gasteiger partial charge in [-0.15, -0.1) is 0 Å². The van der Waals surface area contributed by atoms with Crippen LogP contribution in [0.5, 0.6) is 0 Å². The topological polar surface area (TPSA) is 84.8 Å². The Labute approximate surface area is 140 Å². The first-order valence-electron chi connectivity index (χ1n) is 7.75. The Bertz CT molecular complexity index is 1190. The van der Waals surface area contributed by atoms with E-state index in [1.54, 1.807) is 0 Å². The highest BCUT2D eigenvalue weighted by atomic mass is 19.1. The van der Waals surface area contributed by atoms with Gasteiger partial charge in [0, 0.05) is 19.0 Å². The van der Waals surface area contributed by atoms with Crippen LogP contribution in [-0.2, 0) is 6.54 Å². The van der Waals surface area contributed by atoms with Gasteiger partial charge in [-0.3, -0.25) is 14.8 Å². The predicted molar refractivity (Wildman–Crippen MR) is 95.6 cm³/mol. The smallest absolute Gasteiger partial charge is 0.327 e. The Hall–Kier alpha value is -3.35. The molecule has 3 N–H and O–H groups in total. The summed E-state index contributed by atoms with van der Waals surface area (Å²) in [7, 11) is 1.85. The number of aromatic nitrogens is 3. The largest absolute Gasteiger partial charge is 0.368 e. The van der Waals surface area contributed by atoms with E-state index in [0.29, 0.717) is 23.1 Å². The fraction of sp³-hybridized carbons (Fsp3) is 0.111. The third kappa shape index (κ3) is 2.59. The summed E-state index contributed by atoms with van der Waals surface area (Å²) in [6.07, 6.45) is 0. The molecule has 0 bridgehead atoms. The lowest BCUT2D eigenvalue weighted by Crippen LogP contribution is -2.21. The van der Waals surface area contributed by atoms with E-state index >= 15 is 0 Å². The van der Waals surface area contributed by atoms with Crippen molar-refractivity contribution in [3.05, 3.63) is 74.7 Å². The Kier molecular flexibility index (Phi) is 3.42. The van der Waals surface area contributed by atoms with Gasteiger partial charge in [0.05, 0.1) is 16.6 Å². The summed E-state index contributed by atoms with van der Waals surface area (Å²) in [4.78, 5) is 33.3. The zero-order chi connectivity index (χ0) is 17.6. The molecule has 7 heteroatoms. The average molecular weight is 338 g/mol. The van der Waals surface area contributed by atoms with Crippen LogP contribution < -0.4 is 16.1 Å². The van der Waals surface area contributed by atoms with Crippen LogP contribution in [0, 0.1) is 5.82 Å². The molecule has 0 aliphatic carbocycles. The first kappa shape index (κ1) is 15.2. The van der Waals surface area contributed by atoms with E-state index in [-0.39, 0.29) is 11.0 Å². The second-order valence-electron chi connectivity index (χ2n) is 5.97. The maximum atomic E-state index is 14.2. The summed E-state index contributed by atoms with van der Waals surface area (Å²) in [6.45, 7) is 0.571. The molecule has 0 fully saturated rings. The Morgan fingerprint density at radius 2 is 1.80 bits per heavy atom. The maximum Gasteiger partial charge on any atom is 0.327 e. The maximum absolute atomic E-state index is 14.2. The van der Waals surface area contributed by atoms with E-state index in [1.807, 2.05) is 42.3 Å². The van der Waals surface area contributed by atoms with E-state index in [1.165, 1.54) is 12.1 Å². The van der Waals surface area contributed by atoms with Crippen molar-refractivity contribution in [2.75, 3.05) is 11.9 Å². The Balaban J connectivity index is 1.93. The number of rotatable bonds is 3. The van der Waals surface area contributed by atoms with Gasteiger partial charge in [-0.2, -0.15) is 0 Å². The normalized spacial score (nSPS) is 11.3. The lowest BCUT2D eigenvalue weighted by Gasteiger charge is -2.20. The minimum absolute atomic E-state index is 0.239. The molecule has 4 rings (SSSR count). The summed E-state index contributed by atoms with van der Waals surface area (Å²) in [5.41, 5.74) is 1.40. The molecule has 0 aliphatic rings. The lowest BCUT2D eigenvalue weighted by atomic mass is 10.1. The van der Waals surface area contributed by atoms with E-state index < -0.39 is 17.1 Å². The molecule has 0 unspecified atom stereocenters. The van der Waals surface area contributed by atoms with Crippen LogP contribution in [-0.4, -0.2) is 22.0 Å². The van der Waals surface area contributed by atoms with Crippen molar-refractivity contribution in [1.82, 2.24) is 15.0 Å². The van der Waals surface area contributed by atoms with E-state index in [2.05, 4.69) is 15.0 Å². The van der Waals surface area contributed by atoms with Crippen molar-refractivity contribution < 1.29 is 4.39 Å². The highest BCUT2D eigenvalue weighted by molar-refractivity contribution is 6.09. The molecule has 0 atom stereocenters. The molecular weight excluding hydrogens is 323 g/mol. The summed E-state index contributed by atoms with van der Waals surface area (Å²) in [5.74, 6) is -0.450. The predicted octanol–water partition coefficient (Wildman–Crippen LogP) is 2.47. The van der Waals surface area contributed by atoms with E-state index in [4.69, 9.17) is 0 Å². The van der Waals surface area contributed by atoms with Gasteiger partial charge in [-0.25, -0.2) is 9.18 Å². The van der Waals surface area contributed by atoms with Gasteiger partial charge >= 0.3 is 5.69 Å². The fourth-order valence-corrected chi connectivity index (χ4v) is 3.13. The minimum atomic E-state index is -0.608. The molecule has 4 aromatic rings. The highest BCUT2D eigenvalue weighted by Crippen LogP contribution is 2.31. The first-order chi connectivity index (χ1) is 12.0. The highest BCUT2D eigenvalue weighted by Gasteiger charge is 2.16. The molecule has 0 saturated heterocycles. The van der Waals surface area contributed by atoms with Crippen LogP contribution in [0.25, 0.3) is 21.9 Å². The molecule has 25 heavy (non-hydrogen) atoms. The standard InChI is InChI=1S/C18H15FN4O2/c1-23(9-10-5-3-2-4-6-10)13-8-11(19)7-12-14-16(20-15(12)13)21-18(25)22-17(14)24/h2-8H,9H2,1H3,(H3,20,21,22,24,25). The minimum Gasteiger partial charge on any atom is -0.368 e. The molecule has 0 amide bonds. The molecule has 0 saturated carbocycles. The Morgan fingerprint density at radius 1 is 1.04 bits per heavy atom. The van der Waals surface area contributed by atoms with Crippen LogP contribution in [0.4, 0.5) is 10.1 Å². The van der Waals surface area contributed by atoms with Gasteiger partial charge < -0.3 is 9.88 Å². The molecule has 126 valence electrons. The summed E-state index contributed by atoms with van der Waals surface area (Å²) < 4.78 is 14.2. The van der Waals surface area contributed by atoms with Crippen LogP contribution in [0.15, 0.2) is 52.1 Å². The molecule has 0 radical (unpaired) electrons. The number of hydrogen-bond acceptors (Lipinski definition) is 3. The van der Waals surface area contributed by atoms with Crippen molar-refractivity contribution in [2.45, 2.75) is 6.54 Å². The van der Waals surface area contributed by atoms with E-state index in [0.717, 1.165) is 5.56 Å². The number of fused-ring (bicyclic) bond motifs is 3. The van der Waals surface area contributed by atoms with Gasteiger partial charge in [-0.05, 0) is 17.7 Å². The first-order valence-corrected chi connectivity index (χ1v) is 7.75. The Morgan fingerprint density at radius 3 is 2.56 bits per heavy atom. The zero-order valence-electron chi connectivity index (χ0n) is 13.4. The van der Waals surface area contributed by atoms with E-state index in [9.17, 15) is 14.0 Å². The monoisotopic (exact) mass is 338 g/mol. The number of hydrogen-bond donors (Lipinski definition) is 3. The number of nitrogens with zero attached hydrogens (tertiary/aromatic N) is 1. The number of anilines is 1. The van der Waals surface area contributed by atoms with Crippen molar-refractivity contribution in [3.8, 4) is 0 Å². The number of nitrogens with one attached hydrogen (secondary N) is 3. The number of H-pyrrole nitrogens is 3. The van der Waals surface area contributed by atoms with Crippen molar-refractivity contribution >= 4 is 27.6 Å². The number of benzene rings is 2. The molecule has 0 aliphatic heterocycles. The van der Waals surface area contributed by atoms with Crippen LogP contribution in [0.2, 0.25) is 0 Å². The average Bonchev–Trinajstić information content (AvgIpc) is 2.93. The van der Waals surface area contributed by atoms with Crippen molar-refractivity contribution in [3.63, 3.8) is 0 Å². The summed E-state index contributed by atoms with van der Waals surface area (Å²) >= 11 is 0. The third-order valence-electron chi connectivity index (χ3n) is 4.22. The summed E-state index contributed by atoms with van der Waals surface area (Å²) in [6, 6.07) is 12.5. The summed E-state index contributed by atoms with van der Waals surface area (Å²) in [5, 5.41) is 0.672. The number of halogens is 1. The van der Waals surface area contributed by atoms with Gasteiger partial charge in [0.15, 0.2) is 0 Å². The van der Waals surface area contributed by atoms with Gasteiger partial charge in [0.2, 0.25) is 0 Å². The van der Waals surface area contributed by atoms with Crippen LogP contribution in [0.1, 0.15) is 5.56 Å². The fourth-order valence-electron chi connectivity index (χ4n) is 3.13. The molecule has 2 heterocycles. The van der Waals surface area contributed by atoms with Crippen molar-refractivity contribution in [2.24, 2.45) is 0 Å². The van der Waals surface area contributed by atoms with Gasteiger partial charge in [-0.1, -0.05) is 30.3 Å². The second kappa shape index (κ2) is 5.62. The number of aromatic amines is 3. The quantitative estimate of drug-likeness (QED) is 0.536. The van der Waals surface area contributed by atoms with Gasteiger partial charge in [0.25, 0.3) is 5.56 Å². The molecule has 0 spiro atoms. The second-order valence-corrected chi connectivity index (χ2v) is 5.97. The van der Waals surface area contributed by atoms with Crippen molar-refractivity contribution in [1.29, 1.82) is 0 Å². The van der Waals surface area contributed by atoms with Gasteiger partial charge in [0.1, 0.15) is 11.5 Å². The lowest BCUT2D eigenvalue weighted by molar-refractivity contribution is 0.629. The zero-order valence-corrected chi connectivity index (χ0v) is 13.4. The SMILES string of the molecule is CN(Cc1ccccc1)c1cc(F)cc2c1[nH]c1[nH]c(=O)[nH]c(=O)c12. The third-order valence-corrected chi connectivity index (χ3v) is 4.22. The molecule has 6 nitrogen and oxygen atoms in total. The van der Waals surface area contributed by atoms with Crippen LogP contribution in [0.3, 0.4) is 0 Å². The molecular formula is C18H15FN4O2. The van der Waals surface area contributed by atoms with Crippen LogP contribution >= 0.6 is 0 Å². The molecule has 2 aromatic heterocycles. The molecule has 2 aromatic carbocycles.